The van der Waals surface area contributed by atoms with Crippen molar-refractivity contribution in [2.45, 2.75) is 36.5 Å². The van der Waals surface area contributed by atoms with Crippen molar-refractivity contribution >= 4 is 17.7 Å². The zero-order valence-electron chi connectivity index (χ0n) is 11.1. The molecule has 1 amide bonds. The van der Waals surface area contributed by atoms with Crippen molar-refractivity contribution in [2.75, 3.05) is 12.8 Å². The topological polar surface area (TPSA) is 64.4 Å². The summed E-state index contributed by atoms with van der Waals surface area (Å²) in [6.45, 7) is 1.03. The van der Waals surface area contributed by atoms with Gasteiger partial charge in [0, 0.05) is 18.0 Å². The minimum absolute atomic E-state index is 0.0371. The van der Waals surface area contributed by atoms with Crippen LogP contribution in [0.5, 0.6) is 0 Å². The molecule has 19 heavy (non-hydrogen) atoms. The molecule has 0 aliphatic carbocycles. The minimum atomic E-state index is -0.334. The molecule has 4 nitrogen and oxygen atoms in total. The maximum atomic E-state index is 11.9. The highest BCUT2D eigenvalue weighted by Gasteiger charge is 2.29. The lowest BCUT2D eigenvalue weighted by atomic mass is 10.2. The molecule has 104 valence electrons. The summed E-state index contributed by atoms with van der Waals surface area (Å²) in [5, 5.41) is 2.91. The lowest BCUT2D eigenvalue weighted by Gasteiger charge is -2.12. The molecular weight excluding hydrogens is 260 g/mol. The van der Waals surface area contributed by atoms with Crippen LogP contribution in [0.2, 0.25) is 0 Å². The lowest BCUT2D eigenvalue weighted by molar-refractivity contribution is -0.132. The highest BCUT2D eigenvalue weighted by molar-refractivity contribution is 7.98. The van der Waals surface area contributed by atoms with E-state index in [4.69, 9.17) is 10.5 Å². The van der Waals surface area contributed by atoms with Crippen LogP contribution in [0.1, 0.15) is 18.4 Å². The van der Waals surface area contributed by atoms with Crippen LogP contribution >= 0.6 is 11.8 Å². The number of amides is 1. The van der Waals surface area contributed by atoms with Crippen molar-refractivity contribution in [3.05, 3.63) is 29.8 Å². The molecule has 1 aromatic carbocycles. The first-order valence-corrected chi connectivity index (χ1v) is 7.71. The molecule has 1 saturated heterocycles. The van der Waals surface area contributed by atoms with Crippen molar-refractivity contribution in [1.82, 2.24) is 5.32 Å². The average Bonchev–Trinajstić information content (AvgIpc) is 2.94. The number of carbonyl (C=O) groups is 1. The molecule has 1 aliphatic heterocycles. The van der Waals surface area contributed by atoms with E-state index in [0.29, 0.717) is 13.1 Å². The van der Waals surface area contributed by atoms with Crippen molar-refractivity contribution in [3.63, 3.8) is 0 Å². The molecule has 0 saturated carbocycles. The van der Waals surface area contributed by atoms with E-state index in [9.17, 15) is 4.79 Å². The first kappa shape index (κ1) is 14.4. The van der Waals surface area contributed by atoms with Crippen LogP contribution in [-0.2, 0) is 16.1 Å². The Hall–Kier alpha value is -1.04. The fourth-order valence-electron chi connectivity index (χ4n) is 2.12. The van der Waals surface area contributed by atoms with Gasteiger partial charge in [-0.1, -0.05) is 12.1 Å². The van der Waals surface area contributed by atoms with Gasteiger partial charge in [0.25, 0.3) is 0 Å². The van der Waals surface area contributed by atoms with Gasteiger partial charge in [-0.25, -0.2) is 0 Å². The maximum absolute atomic E-state index is 11.9. The second-order valence-electron chi connectivity index (χ2n) is 4.63. The van der Waals surface area contributed by atoms with Gasteiger partial charge in [0.05, 0.1) is 6.10 Å². The first-order valence-electron chi connectivity index (χ1n) is 6.49. The van der Waals surface area contributed by atoms with Crippen molar-refractivity contribution in [3.8, 4) is 0 Å². The SMILES string of the molecule is CSc1ccc(CNC(=O)[C@@H]2CC[C@H](CN)O2)cc1. The standard InChI is InChI=1S/C14H20N2O2S/c1-19-12-5-2-10(3-6-12)9-16-14(17)13-7-4-11(8-15)18-13/h2-3,5-6,11,13H,4,7-9,15H2,1H3,(H,16,17)/t11-,13+/m1/s1. The smallest absolute Gasteiger partial charge is 0.249 e. The fraction of sp³-hybridized carbons (Fsp3) is 0.500. The average molecular weight is 280 g/mol. The monoisotopic (exact) mass is 280 g/mol. The van der Waals surface area contributed by atoms with E-state index in [0.717, 1.165) is 18.4 Å². The van der Waals surface area contributed by atoms with Crippen molar-refractivity contribution in [1.29, 1.82) is 0 Å². The van der Waals surface area contributed by atoms with Crippen molar-refractivity contribution < 1.29 is 9.53 Å². The van der Waals surface area contributed by atoms with E-state index in [-0.39, 0.29) is 18.1 Å². The van der Waals surface area contributed by atoms with Gasteiger partial charge in [-0.2, -0.15) is 0 Å². The molecule has 1 fully saturated rings. The Morgan fingerprint density at radius 2 is 2.16 bits per heavy atom. The predicted octanol–water partition coefficient (Wildman–Crippen LogP) is 1.53. The number of rotatable bonds is 5. The molecule has 0 unspecified atom stereocenters. The Labute approximate surface area is 118 Å². The number of nitrogens with two attached hydrogens (primary N) is 1. The summed E-state index contributed by atoms with van der Waals surface area (Å²) in [5.41, 5.74) is 6.63. The normalized spacial score (nSPS) is 22.4. The lowest BCUT2D eigenvalue weighted by Crippen LogP contribution is -2.35. The zero-order chi connectivity index (χ0) is 13.7. The van der Waals surface area contributed by atoms with Crippen LogP contribution in [0.15, 0.2) is 29.2 Å². The summed E-state index contributed by atoms with van der Waals surface area (Å²) in [4.78, 5) is 13.1. The van der Waals surface area contributed by atoms with Gasteiger partial charge in [0.1, 0.15) is 6.10 Å². The number of hydrogen-bond donors (Lipinski definition) is 2. The molecule has 1 aromatic rings. The Morgan fingerprint density at radius 3 is 2.74 bits per heavy atom. The number of hydrogen-bond acceptors (Lipinski definition) is 4. The summed E-state index contributed by atoms with van der Waals surface area (Å²) < 4.78 is 5.56. The molecule has 5 heteroatoms. The Kier molecular flexibility index (Phi) is 5.24. The molecule has 2 atom stereocenters. The molecule has 0 aromatic heterocycles. The number of nitrogens with one attached hydrogen (secondary N) is 1. The van der Waals surface area contributed by atoms with Crippen LogP contribution in [-0.4, -0.2) is 30.9 Å². The summed E-state index contributed by atoms with van der Waals surface area (Å²) >= 11 is 1.71. The fourth-order valence-corrected chi connectivity index (χ4v) is 2.53. The Bertz CT molecular complexity index is 422. The Balaban J connectivity index is 1.80. The van der Waals surface area contributed by atoms with Gasteiger partial charge in [0.15, 0.2) is 0 Å². The molecule has 2 rings (SSSR count). The van der Waals surface area contributed by atoms with Gasteiger partial charge >= 0.3 is 0 Å². The highest BCUT2D eigenvalue weighted by Crippen LogP contribution is 2.19. The van der Waals surface area contributed by atoms with Crippen LogP contribution in [0.4, 0.5) is 0 Å². The molecule has 0 radical (unpaired) electrons. The van der Waals surface area contributed by atoms with Crippen molar-refractivity contribution in [2.24, 2.45) is 5.73 Å². The Morgan fingerprint density at radius 1 is 1.42 bits per heavy atom. The van der Waals surface area contributed by atoms with E-state index in [1.807, 2.05) is 18.4 Å². The second kappa shape index (κ2) is 6.93. The number of ether oxygens (including phenoxy) is 1. The van der Waals surface area contributed by atoms with Crippen LogP contribution < -0.4 is 11.1 Å². The van der Waals surface area contributed by atoms with E-state index < -0.39 is 0 Å². The third-order valence-electron chi connectivity index (χ3n) is 3.29. The largest absolute Gasteiger partial charge is 0.364 e. The predicted molar refractivity (Wildman–Crippen MR) is 77.0 cm³/mol. The van der Waals surface area contributed by atoms with Gasteiger partial charge in [-0.15, -0.1) is 11.8 Å². The summed E-state index contributed by atoms with van der Waals surface area (Å²) in [6.07, 6.45) is 3.38. The third-order valence-corrected chi connectivity index (χ3v) is 4.03. The van der Waals surface area contributed by atoms with Gasteiger partial charge in [-0.3, -0.25) is 4.79 Å². The maximum Gasteiger partial charge on any atom is 0.249 e. The van der Waals surface area contributed by atoms with E-state index in [1.165, 1.54) is 4.90 Å². The zero-order valence-corrected chi connectivity index (χ0v) is 11.9. The van der Waals surface area contributed by atoms with E-state index >= 15 is 0 Å². The summed E-state index contributed by atoms with van der Waals surface area (Å²) in [6, 6.07) is 8.18. The number of thioether (sulfide) groups is 1. The molecule has 1 aliphatic rings. The van der Waals surface area contributed by atoms with Gasteiger partial charge in [0.2, 0.25) is 5.91 Å². The van der Waals surface area contributed by atoms with Crippen LogP contribution in [0.3, 0.4) is 0 Å². The minimum Gasteiger partial charge on any atom is -0.364 e. The molecular formula is C14H20N2O2S. The first-order chi connectivity index (χ1) is 9.22. The molecule has 3 N–H and O–H groups in total. The molecule has 0 bridgehead atoms. The van der Waals surface area contributed by atoms with Crippen LogP contribution in [0.25, 0.3) is 0 Å². The van der Waals surface area contributed by atoms with E-state index in [1.54, 1.807) is 11.8 Å². The number of benzene rings is 1. The quantitative estimate of drug-likeness (QED) is 0.803. The third kappa shape index (κ3) is 3.96. The number of carbonyl (C=O) groups excluding carboxylic acids is 1. The summed E-state index contributed by atoms with van der Waals surface area (Å²) in [5.74, 6) is -0.0371. The highest BCUT2D eigenvalue weighted by atomic mass is 32.2. The van der Waals surface area contributed by atoms with E-state index in [2.05, 4.69) is 17.4 Å². The summed E-state index contributed by atoms with van der Waals surface area (Å²) in [7, 11) is 0. The molecule has 0 spiro atoms. The van der Waals surface area contributed by atoms with Crippen LogP contribution in [0, 0.1) is 0 Å². The van der Waals surface area contributed by atoms with Gasteiger partial charge in [-0.05, 0) is 36.8 Å². The second-order valence-corrected chi connectivity index (χ2v) is 5.51. The molecule has 1 heterocycles. The van der Waals surface area contributed by atoms with Gasteiger partial charge < -0.3 is 15.8 Å².